The highest BCUT2D eigenvalue weighted by atomic mass is 32.2. The standard InChI is InChI=1S/C24H15F2N3O4S3/c25-14-8-9-18(17(26)11-14)33-19(30)13-35-23-27-21-20(22(31)29(23)15-5-2-1-3-6-15)36-24(34)28(21)12-16-7-4-10-32-16/h1-11H,12-13H2. The Kier molecular flexibility index (Phi) is 6.81. The topological polar surface area (TPSA) is 79.3 Å². The first-order chi connectivity index (χ1) is 17.4. The minimum absolute atomic E-state index is 0.219. The van der Waals surface area contributed by atoms with Crippen LogP contribution in [0, 0.1) is 15.6 Å². The maximum Gasteiger partial charge on any atom is 0.321 e. The molecule has 12 heteroatoms. The molecule has 0 aliphatic heterocycles. The molecule has 5 rings (SSSR count). The van der Waals surface area contributed by atoms with Crippen LogP contribution in [0.1, 0.15) is 5.76 Å². The zero-order chi connectivity index (χ0) is 25.2. The quantitative estimate of drug-likeness (QED) is 0.0870. The maximum atomic E-state index is 13.9. The lowest BCUT2D eigenvalue weighted by Gasteiger charge is -2.12. The van der Waals surface area contributed by atoms with Gasteiger partial charge in [-0.05, 0) is 48.6 Å². The highest BCUT2D eigenvalue weighted by Crippen LogP contribution is 2.26. The Hall–Kier alpha value is -3.61. The van der Waals surface area contributed by atoms with Crippen molar-refractivity contribution in [3.63, 3.8) is 0 Å². The van der Waals surface area contributed by atoms with Gasteiger partial charge in [0.25, 0.3) is 5.56 Å². The number of furan rings is 1. The minimum Gasteiger partial charge on any atom is -0.467 e. The van der Waals surface area contributed by atoms with E-state index in [2.05, 4.69) is 4.98 Å². The fraction of sp³-hybridized carbons (Fsp3) is 0.0833. The van der Waals surface area contributed by atoms with E-state index >= 15 is 0 Å². The molecule has 3 heterocycles. The van der Waals surface area contributed by atoms with Gasteiger partial charge in [-0.2, -0.15) is 0 Å². The zero-order valence-corrected chi connectivity index (χ0v) is 20.7. The number of halogens is 2. The fourth-order valence-electron chi connectivity index (χ4n) is 3.41. The first kappa shape index (κ1) is 24.1. The Bertz CT molecular complexity index is 1680. The highest BCUT2D eigenvalue weighted by molar-refractivity contribution is 7.99. The predicted octanol–water partition coefficient (Wildman–Crippen LogP) is 5.60. The molecule has 7 nitrogen and oxygen atoms in total. The number of carbonyl (C=O) groups excluding carboxylic acids is 1. The lowest BCUT2D eigenvalue weighted by molar-refractivity contribution is -0.131. The summed E-state index contributed by atoms with van der Waals surface area (Å²) in [5.74, 6) is -2.62. The Morgan fingerprint density at radius 3 is 2.67 bits per heavy atom. The van der Waals surface area contributed by atoms with Crippen LogP contribution in [0.25, 0.3) is 16.0 Å². The van der Waals surface area contributed by atoms with Crippen LogP contribution in [0.15, 0.2) is 81.3 Å². The summed E-state index contributed by atoms with van der Waals surface area (Å²) in [5.41, 5.74) is 0.564. The van der Waals surface area contributed by atoms with E-state index in [0.29, 0.717) is 31.8 Å². The van der Waals surface area contributed by atoms with Crippen LogP contribution in [0.5, 0.6) is 5.75 Å². The molecule has 0 fully saturated rings. The first-order valence-electron chi connectivity index (χ1n) is 10.4. The third-order valence-electron chi connectivity index (χ3n) is 5.00. The molecule has 0 bridgehead atoms. The molecule has 2 aromatic carbocycles. The smallest absolute Gasteiger partial charge is 0.321 e. The molecule has 0 radical (unpaired) electrons. The van der Waals surface area contributed by atoms with Gasteiger partial charge in [-0.25, -0.2) is 13.8 Å². The van der Waals surface area contributed by atoms with Gasteiger partial charge in [-0.1, -0.05) is 41.3 Å². The van der Waals surface area contributed by atoms with Crippen molar-refractivity contribution in [3.05, 3.63) is 98.6 Å². The molecule has 5 aromatic rings. The predicted molar refractivity (Wildman–Crippen MR) is 135 cm³/mol. The van der Waals surface area contributed by atoms with Crippen LogP contribution < -0.4 is 10.3 Å². The number of fused-ring (bicyclic) bond motifs is 1. The number of nitrogens with zero attached hydrogens (tertiary/aromatic N) is 3. The molecule has 0 unspecified atom stereocenters. The third kappa shape index (κ3) is 4.87. The molecule has 0 atom stereocenters. The van der Waals surface area contributed by atoms with Crippen LogP contribution >= 0.6 is 35.3 Å². The molecule has 0 N–H and O–H groups in total. The van der Waals surface area contributed by atoms with Crippen molar-refractivity contribution in [3.8, 4) is 11.4 Å². The number of para-hydroxylation sites is 1. The number of hydrogen-bond acceptors (Lipinski definition) is 8. The molecule has 0 amide bonds. The van der Waals surface area contributed by atoms with Crippen LogP contribution in [-0.2, 0) is 11.3 Å². The average Bonchev–Trinajstić information content (AvgIpc) is 3.49. The maximum absolute atomic E-state index is 13.9. The van der Waals surface area contributed by atoms with Crippen molar-refractivity contribution in [2.24, 2.45) is 0 Å². The van der Waals surface area contributed by atoms with Crippen molar-refractivity contribution in [1.29, 1.82) is 0 Å². The van der Waals surface area contributed by atoms with E-state index in [0.717, 1.165) is 35.2 Å². The van der Waals surface area contributed by atoms with E-state index in [9.17, 15) is 18.4 Å². The van der Waals surface area contributed by atoms with Crippen molar-refractivity contribution >= 4 is 51.6 Å². The second-order valence-corrected chi connectivity index (χ2v) is 9.98. The van der Waals surface area contributed by atoms with E-state index in [1.807, 2.05) is 6.07 Å². The van der Waals surface area contributed by atoms with Crippen molar-refractivity contribution in [2.75, 3.05) is 5.75 Å². The average molecular weight is 544 g/mol. The number of thiazole rings is 1. The number of carbonyl (C=O) groups is 1. The van der Waals surface area contributed by atoms with Gasteiger partial charge in [0.2, 0.25) is 0 Å². The van der Waals surface area contributed by atoms with E-state index in [-0.39, 0.29) is 23.0 Å². The summed E-state index contributed by atoms with van der Waals surface area (Å²) in [5, 5.41) is 0.219. The molecule has 182 valence electrons. The first-order valence-corrected chi connectivity index (χ1v) is 12.6. The van der Waals surface area contributed by atoms with Crippen LogP contribution in [-0.4, -0.2) is 25.8 Å². The number of thioether (sulfide) groups is 1. The van der Waals surface area contributed by atoms with Crippen LogP contribution in [0.3, 0.4) is 0 Å². The van der Waals surface area contributed by atoms with Gasteiger partial charge in [0.05, 0.1) is 24.2 Å². The van der Waals surface area contributed by atoms with Gasteiger partial charge >= 0.3 is 5.97 Å². The summed E-state index contributed by atoms with van der Waals surface area (Å²) in [4.78, 5) is 30.7. The summed E-state index contributed by atoms with van der Waals surface area (Å²) in [6.07, 6.45) is 1.54. The lowest BCUT2D eigenvalue weighted by Crippen LogP contribution is -2.22. The second-order valence-electron chi connectivity index (χ2n) is 7.39. The zero-order valence-electron chi connectivity index (χ0n) is 18.2. The molecule has 0 aliphatic carbocycles. The number of ether oxygens (including phenoxy) is 1. The Labute approximate surface area is 215 Å². The summed E-state index contributed by atoms with van der Waals surface area (Å²) in [6.45, 7) is 0.281. The summed E-state index contributed by atoms with van der Waals surface area (Å²) in [6, 6.07) is 15.0. The molecule has 0 saturated heterocycles. The van der Waals surface area contributed by atoms with Gasteiger partial charge in [-0.15, -0.1) is 0 Å². The Morgan fingerprint density at radius 1 is 1.14 bits per heavy atom. The summed E-state index contributed by atoms with van der Waals surface area (Å²) >= 11 is 7.59. The minimum atomic E-state index is -0.996. The van der Waals surface area contributed by atoms with Crippen LogP contribution in [0.2, 0.25) is 0 Å². The van der Waals surface area contributed by atoms with Crippen molar-refractivity contribution < 1.29 is 22.7 Å². The Balaban J connectivity index is 1.53. The molecule has 0 saturated carbocycles. The molecular formula is C24H15F2N3O4S3. The molecular weight excluding hydrogens is 528 g/mol. The normalized spacial score (nSPS) is 11.2. The van der Waals surface area contributed by atoms with Gasteiger partial charge < -0.3 is 9.15 Å². The summed E-state index contributed by atoms with van der Waals surface area (Å²) < 4.78 is 41.4. The highest BCUT2D eigenvalue weighted by Gasteiger charge is 2.20. The van der Waals surface area contributed by atoms with E-state index in [1.54, 1.807) is 47.2 Å². The van der Waals surface area contributed by atoms with E-state index in [4.69, 9.17) is 21.4 Å². The number of hydrogen-bond donors (Lipinski definition) is 0. The van der Waals surface area contributed by atoms with Crippen molar-refractivity contribution in [2.45, 2.75) is 11.7 Å². The van der Waals surface area contributed by atoms with Gasteiger partial charge in [0.1, 0.15) is 16.3 Å². The molecule has 3 aromatic heterocycles. The lowest BCUT2D eigenvalue weighted by atomic mass is 10.3. The molecule has 0 aliphatic rings. The molecule has 36 heavy (non-hydrogen) atoms. The van der Waals surface area contributed by atoms with Gasteiger partial charge in [0.15, 0.2) is 26.3 Å². The number of benzene rings is 2. The number of aromatic nitrogens is 3. The summed E-state index contributed by atoms with van der Waals surface area (Å²) in [7, 11) is 0. The van der Waals surface area contributed by atoms with Crippen molar-refractivity contribution in [1.82, 2.24) is 14.1 Å². The monoisotopic (exact) mass is 543 g/mol. The number of rotatable bonds is 7. The number of esters is 1. The van der Waals surface area contributed by atoms with E-state index < -0.39 is 23.4 Å². The Morgan fingerprint density at radius 2 is 1.94 bits per heavy atom. The van der Waals surface area contributed by atoms with Gasteiger partial charge in [0, 0.05) is 6.07 Å². The van der Waals surface area contributed by atoms with Crippen LogP contribution in [0.4, 0.5) is 8.78 Å². The fourth-order valence-corrected chi connectivity index (χ4v) is 5.45. The largest absolute Gasteiger partial charge is 0.467 e. The second kappa shape index (κ2) is 10.2. The SMILES string of the molecule is O=C(CSc1nc2c(sc(=S)n2Cc2ccco2)c(=O)n1-c1ccccc1)Oc1ccc(F)cc1F. The van der Waals surface area contributed by atoms with Gasteiger partial charge in [-0.3, -0.25) is 18.7 Å². The molecule has 0 spiro atoms. The van der Waals surface area contributed by atoms with E-state index in [1.165, 1.54) is 4.57 Å². The third-order valence-corrected chi connectivity index (χ3v) is 7.34.